The maximum Gasteiger partial charge on any atom is 0.0697 e. The first-order valence-electron chi connectivity index (χ1n) is 16.8. The van der Waals surface area contributed by atoms with Gasteiger partial charge in [0.25, 0.3) is 0 Å². The summed E-state index contributed by atoms with van der Waals surface area (Å²) in [5, 5.41) is 0. The Morgan fingerprint density at radius 2 is 1.04 bits per heavy atom. The van der Waals surface area contributed by atoms with Gasteiger partial charge in [0.2, 0.25) is 0 Å². The van der Waals surface area contributed by atoms with E-state index >= 15 is 0 Å². The van der Waals surface area contributed by atoms with Gasteiger partial charge in [-0.3, -0.25) is 17.7 Å². The van der Waals surface area contributed by atoms with Gasteiger partial charge in [-0.25, -0.2) is 0 Å². The molecular formula is C48H46Y4-4. The Labute approximate surface area is 417 Å². The van der Waals surface area contributed by atoms with E-state index in [2.05, 4.69) is 149 Å². The number of aryl methyl sites for hydroxylation is 4. The molecule has 0 unspecified atom stereocenters. The van der Waals surface area contributed by atoms with Crippen LogP contribution in [0.3, 0.4) is 0 Å². The molecule has 0 bridgehead atoms. The first kappa shape index (κ1) is 53.3. The first-order valence-corrected chi connectivity index (χ1v) is 16.8. The third-order valence-corrected chi connectivity index (χ3v) is 8.49. The van der Waals surface area contributed by atoms with Crippen LogP contribution in [0, 0.1) is 62.7 Å². The summed E-state index contributed by atoms with van der Waals surface area (Å²) in [4.78, 5) is 0. The predicted molar refractivity (Wildman–Crippen MR) is 203 cm³/mol. The van der Waals surface area contributed by atoms with Crippen molar-refractivity contribution in [2.45, 2.75) is 79.1 Å². The number of hydrogen-bond acceptors (Lipinski definition) is 0. The molecule has 52 heavy (non-hydrogen) atoms. The summed E-state index contributed by atoms with van der Waals surface area (Å²) in [5.74, 6) is 4.56. The van der Waals surface area contributed by atoms with Crippen LogP contribution in [0.15, 0.2) is 91.0 Å². The Morgan fingerprint density at radius 3 is 1.60 bits per heavy atom. The summed E-state index contributed by atoms with van der Waals surface area (Å²) in [5.41, 5.74) is 16.5. The van der Waals surface area contributed by atoms with Crippen LogP contribution in [0.5, 0.6) is 0 Å². The molecule has 0 saturated carbocycles. The summed E-state index contributed by atoms with van der Waals surface area (Å²) in [7, 11) is 0. The fraction of sp³-hybridized carbons (Fsp3) is 0.250. The van der Waals surface area contributed by atoms with Gasteiger partial charge in [-0.2, -0.15) is 35.4 Å². The first-order chi connectivity index (χ1) is 23.5. The fourth-order valence-electron chi connectivity index (χ4n) is 5.91. The number of rotatable bonds is 11. The fourth-order valence-corrected chi connectivity index (χ4v) is 5.91. The molecule has 254 valence electrons. The van der Waals surface area contributed by atoms with Crippen LogP contribution in [-0.4, -0.2) is 0 Å². The summed E-state index contributed by atoms with van der Waals surface area (Å²) in [6.45, 7) is 8.94. The van der Waals surface area contributed by atoms with E-state index in [9.17, 15) is 0 Å². The summed E-state index contributed by atoms with van der Waals surface area (Å²) in [6.07, 6.45) is 25.9. The largest absolute Gasteiger partial charge is 0.697 e. The smallest absolute Gasteiger partial charge is 0.0697 e. The van der Waals surface area contributed by atoms with Gasteiger partial charge >= 0.3 is 0 Å². The van der Waals surface area contributed by atoms with Crippen molar-refractivity contribution in [1.29, 1.82) is 0 Å². The van der Waals surface area contributed by atoms with Gasteiger partial charge in [-0.15, -0.1) is 12.8 Å². The molecule has 5 aromatic carbocycles. The second-order valence-electron chi connectivity index (χ2n) is 11.9. The van der Waals surface area contributed by atoms with Crippen LogP contribution in [-0.2, 0) is 176 Å². The Morgan fingerprint density at radius 1 is 0.519 bits per heavy atom. The van der Waals surface area contributed by atoms with E-state index in [1.165, 1.54) is 66.8 Å². The van der Waals surface area contributed by atoms with E-state index in [0.29, 0.717) is 6.42 Å². The van der Waals surface area contributed by atoms with E-state index in [4.69, 9.17) is 19.3 Å². The minimum atomic E-state index is 0. The van der Waals surface area contributed by atoms with Gasteiger partial charge in [0.1, 0.15) is 0 Å². The zero-order chi connectivity index (χ0) is 34.7. The molecule has 0 aromatic heterocycles. The van der Waals surface area contributed by atoms with Crippen LogP contribution in [0.4, 0.5) is 0 Å². The number of hydrogen-bond donors (Lipinski definition) is 0. The van der Waals surface area contributed by atoms with Crippen molar-refractivity contribution in [3.05, 3.63) is 182 Å². The molecule has 0 saturated heterocycles. The summed E-state index contributed by atoms with van der Waals surface area (Å²) < 4.78 is 0. The molecule has 0 N–H and O–H groups in total. The van der Waals surface area contributed by atoms with Crippen LogP contribution in [0.2, 0.25) is 0 Å². The van der Waals surface area contributed by atoms with Crippen LogP contribution in [0.25, 0.3) is 0 Å². The molecule has 0 nitrogen and oxygen atoms in total. The second-order valence-corrected chi connectivity index (χ2v) is 11.9. The Hall–Kier alpha value is -0.804. The van der Waals surface area contributed by atoms with Crippen molar-refractivity contribution < 1.29 is 131 Å². The minimum Gasteiger partial charge on any atom is -0.697 e. The third-order valence-electron chi connectivity index (χ3n) is 8.49. The molecule has 4 radical (unpaired) electrons. The summed E-state index contributed by atoms with van der Waals surface area (Å²) >= 11 is 0. The standard InChI is InChI=1S/C41H41.C5H4.C2H.4Y/c1-5-31-14-16-33(17-15-31)24-34-18-21-36(6-2)41(28-34)29-40-23-30(4)13-20-39(40)27-35-19-22-38(37(7-3)26-35)25-32-11-9-8-10-12-32;1-3-5-4-2;1-2;;;;/h8,11-16,18-23,26,28H,5-7,24-25,27,29H2,1-4H3;1-2H,5H2;1H;;;;/q-3;;-1;;;;. The van der Waals surface area contributed by atoms with E-state index in [1.807, 2.05) is 6.07 Å². The topological polar surface area (TPSA) is 0 Å². The molecule has 0 spiro atoms. The van der Waals surface area contributed by atoms with Crippen molar-refractivity contribution in [1.82, 2.24) is 0 Å². The minimum absolute atomic E-state index is 0. The van der Waals surface area contributed by atoms with E-state index in [1.54, 1.807) is 0 Å². The van der Waals surface area contributed by atoms with Crippen molar-refractivity contribution in [3.8, 4) is 31.1 Å². The van der Waals surface area contributed by atoms with Crippen molar-refractivity contribution in [2.24, 2.45) is 0 Å². The molecule has 0 heterocycles. The SMILES string of the molecule is C#CCC#C.CCc1c[c-]c(Cc2ccc(CC)c(Cc3cc(C)ccc3Cc3ccc(Cc4c[c-]c[c-]c4)c(CC)c3)c2)cc1.[C-]#C.[Y].[Y].[Y].[Y]. The Balaban J connectivity index is 0. The predicted octanol–water partition coefficient (Wildman–Crippen LogP) is 10.3. The van der Waals surface area contributed by atoms with Gasteiger partial charge in [0, 0.05) is 131 Å². The van der Waals surface area contributed by atoms with Gasteiger partial charge < -0.3 is 31.0 Å². The van der Waals surface area contributed by atoms with Gasteiger partial charge in [0.15, 0.2) is 0 Å². The monoisotopic (exact) mass is 978 g/mol. The molecule has 5 rings (SSSR count). The summed E-state index contributed by atoms with van der Waals surface area (Å²) in [6, 6.07) is 43.6. The second kappa shape index (κ2) is 30.4. The molecule has 5 aromatic rings. The third kappa shape index (κ3) is 17.8. The molecular weight excluding hydrogens is 932 g/mol. The molecule has 0 atom stereocenters. The Bertz CT molecular complexity index is 1830. The molecule has 0 aliphatic carbocycles. The van der Waals surface area contributed by atoms with Crippen molar-refractivity contribution >= 4 is 0 Å². The Kier molecular flexibility index (Phi) is 31.2. The van der Waals surface area contributed by atoms with Crippen LogP contribution < -0.4 is 0 Å². The van der Waals surface area contributed by atoms with Gasteiger partial charge in [-0.05, 0) is 78.0 Å². The van der Waals surface area contributed by atoms with Crippen LogP contribution >= 0.6 is 0 Å². The van der Waals surface area contributed by atoms with E-state index in [0.717, 1.165) is 44.9 Å². The molecule has 4 heteroatoms. The molecule has 0 aliphatic rings. The van der Waals surface area contributed by atoms with E-state index in [-0.39, 0.29) is 131 Å². The maximum absolute atomic E-state index is 5.25. The van der Waals surface area contributed by atoms with Gasteiger partial charge in [-0.1, -0.05) is 111 Å². The molecule has 0 amide bonds. The van der Waals surface area contributed by atoms with Crippen molar-refractivity contribution in [3.63, 3.8) is 0 Å². The number of benzene rings is 5. The quantitative estimate of drug-likeness (QED) is 0.0914. The van der Waals surface area contributed by atoms with E-state index < -0.39 is 0 Å². The average Bonchev–Trinajstić information content (AvgIpc) is 3.12. The normalized spacial score (nSPS) is 9.23. The average molecular weight is 979 g/mol. The molecule has 0 aliphatic heterocycles. The zero-order valence-corrected chi connectivity index (χ0v) is 42.7. The maximum atomic E-state index is 5.25. The number of terminal acetylenes is 3. The van der Waals surface area contributed by atoms with Crippen molar-refractivity contribution in [2.75, 3.05) is 0 Å². The van der Waals surface area contributed by atoms with Crippen LogP contribution in [0.1, 0.15) is 94.0 Å². The zero-order valence-electron chi connectivity index (χ0n) is 31.4. The molecule has 0 fully saturated rings. The van der Waals surface area contributed by atoms with Gasteiger partial charge in [0.05, 0.1) is 6.42 Å².